The number of rotatable bonds is 3. The molecule has 0 atom stereocenters. The molecule has 3 rings (SSSR count). The second kappa shape index (κ2) is 6.47. The molecule has 2 aromatic rings. The van der Waals surface area contributed by atoms with E-state index in [1.165, 1.54) is 12.3 Å². The highest BCUT2D eigenvalue weighted by molar-refractivity contribution is 5.92. The fraction of sp³-hybridized carbons (Fsp3) is 0.333. The van der Waals surface area contributed by atoms with Gasteiger partial charge < -0.3 is 10.0 Å². The van der Waals surface area contributed by atoms with Crippen molar-refractivity contribution >= 4 is 12.1 Å². The van der Waals surface area contributed by atoms with Gasteiger partial charge in [0.1, 0.15) is 5.75 Å². The number of piperidine rings is 1. The number of nitrogens with one attached hydrogen (secondary N) is 1. The number of hydrogen-bond donors (Lipinski definition) is 2. The van der Waals surface area contributed by atoms with Gasteiger partial charge in [0.2, 0.25) is 5.69 Å². The number of nitrogens with zero attached hydrogens (tertiary/aromatic N) is 4. The minimum atomic E-state index is -0.604. The Kier molecular flexibility index (Phi) is 4.22. The number of carbonyl (C=O) groups excluding carboxylic acids is 1. The van der Waals surface area contributed by atoms with Crippen molar-refractivity contribution in [1.29, 1.82) is 0 Å². The van der Waals surface area contributed by atoms with Crippen LogP contribution >= 0.6 is 0 Å². The van der Waals surface area contributed by atoms with Crippen molar-refractivity contribution in [2.45, 2.75) is 19.3 Å². The second-order valence-corrected chi connectivity index (χ2v) is 5.33. The van der Waals surface area contributed by atoms with Crippen molar-refractivity contribution in [2.24, 2.45) is 5.10 Å². The van der Waals surface area contributed by atoms with Crippen molar-refractivity contribution in [2.75, 3.05) is 13.1 Å². The molecule has 8 heteroatoms. The third-order valence-corrected chi connectivity index (χ3v) is 3.75. The number of aromatic amines is 1. The maximum atomic E-state index is 12.3. The summed E-state index contributed by atoms with van der Waals surface area (Å²) in [7, 11) is 0. The molecule has 1 aromatic heterocycles. The number of benzene rings is 1. The number of aromatic hydroxyl groups is 1. The Morgan fingerprint density at radius 2 is 2.00 bits per heavy atom. The van der Waals surface area contributed by atoms with Crippen LogP contribution in [0.4, 0.5) is 0 Å². The molecule has 23 heavy (non-hydrogen) atoms. The van der Waals surface area contributed by atoms with Crippen molar-refractivity contribution in [3.05, 3.63) is 45.9 Å². The van der Waals surface area contributed by atoms with Crippen LogP contribution in [0.25, 0.3) is 0 Å². The highest BCUT2D eigenvalue weighted by atomic mass is 16.3. The van der Waals surface area contributed by atoms with Crippen LogP contribution in [0, 0.1) is 0 Å². The van der Waals surface area contributed by atoms with Crippen LogP contribution < -0.4 is 5.56 Å². The van der Waals surface area contributed by atoms with Crippen LogP contribution in [0.2, 0.25) is 0 Å². The van der Waals surface area contributed by atoms with E-state index >= 15 is 0 Å². The summed E-state index contributed by atoms with van der Waals surface area (Å²) >= 11 is 0. The van der Waals surface area contributed by atoms with E-state index in [-0.39, 0.29) is 17.4 Å². The number of carbonyl (C=O) groups is 1. The van der Waals surface area contributed by atoms with Gasteiger partial charge in [0.25, 0.3) is 5.91 Å². The Hall–Kier alpha value is -2.90. The lowest BCUT2D eigenvalue weighted by Gasteiger charge is -2.25. The van der Waals surface area contributed by atoms with Gasteiger partial charge >= 0.3 is 5.56 Å². The number of amides is 1. The summed E-state index contributed by atoms with van der Waals surface area (Å²) < 4.78 is 0. The molecule has 1 aromatic carbocycles. The molecule has 1 amide bonds. The zero-order valence-electron chi connectivity index (χ0n) is 12.5. The first-order valence-corrected chi connectivity index (χ1v) is 7.46. The van der Waals surface area contributed by atoms with Gasteiger partial charge in [0.15, 0.2) is 0 Å². The predicted octanol–water partition coefficient (Wildman–Crippen LogP) is 0.785. The van der Waals surface area contributed by atoms with Crippen molar-refractivity contribution in [1.82, 2.24) is 20.0 Å². The SMILES string of the molecule is O=C(c1n[nH]n(/N=C/c2ccccc2O)c1=O)N1CCCCC1. The van der Waals surface area contributed by atoms with Crippen LogP contribution in [-0.4, -0.2) is 50.3 Å². The molecule has 0 radical (unpaired) electrons. The van der Waals surface area contributed by atoms with E-state index < -0.39 is 5.56 Å². The Balaban J connectivity index is 1.81. The van der Waals surface area contributed by atoms with Crippen LogP contribution in [-0.2, 0) is 0 Å². The van der Waals surface area contributed by atoms with Gasteiger partial charge in [-0.25, -0.2) is 0 Å². The number of phenols is 1. The molecule has 0 bridgehead atoms. The van der Waals surface area contributed by atoms with Crippen molar-refractivity contribution < 1.29 is 9.90 Å². The minimum absolute atomic E-state index is 0.0495. The van der Waals surface area contributed by atoms with E-state index in [1.54, 1.807) is 23.1 Å². The Morgan fingerprint density at radius 1 is 1.26 bits per heavy atom. The maximum Gasteiger partial charge on any atom is 0.320 e. The average Bonchev–Trinajstić information content (AvgIpc) is 2.95. The third-order valence-electron chi connectivity index (χ3n) is 3.75. The van der Waals surface area contributed by atoms with E-state index in [0.29, 0.717) is 18.7 Å². The third kappa shape index (κ3) is 3.15. The minimum Gasteiger partial charge on any atom is -0.507 e. The van der Waals surface area contributed by atoms with E-state index in [9.17, 15) is 14.7 Å². The van der Waals surface area contributed by atoms with Gasteiger partial charge in [-0.05, 0) is 31.4 Å². The number of para-hydroxylation sites is 1. The van der Waals surface area contributed by atoms with E-state index in [2.05, 4.69) is 15.4 Å². The van der Waals surface area contributed by atoms with Gasteiger partial charge in [-0.15, -0.1) is 9.89 Å². The first kappa shape index (κ1) is 15.0. The van der Waals surface area contributed by atoms with Crippen LogP contribution in [0.5, 0.6) is 5.75 Å². The standard InChI is InChI=1S/C15H17N5O3/c21-12-7-3-2-6-11(12)10-16-20-15(23)13(17-18-20)14(22)19-8-4-1-5-9-19/h2-3,6-7,10,18,21H,1,4-5,8-9H2/b16-10+. The molecule has 0 unspecified atom stereocenters. The molecule has 1 aliphatic heterocycles. The lowest BCUT2D eigenvalue weighted by Crippen LogP contribution is -2.38. The molecule has 1 saturated heterocycles. The highest BCUT2D eigenvalue weighted by Crippen LogP contribution is 2.13. The topological polar surface area (TPSA) is 104 Å². The second-order valence-electron chi connectivity index (χ2n) is 5.33. The average molecular weight is 315 g/mol. The maximum absolute atomic E-state index is 12.3. The molecule has 2 N–H and O–H groups in total. The van der Waals surface area contributed by atoms with Crippen LogP contribution in [0.1, 0.15) is 35.3 Å². The van der Waals surface area contributed by atoms with E-state index in [1.807, 2.05) is 0 Å². The van der Waals surface area contributed by atoms with Gasteiger partial charge in [-0.1, -0.05) is 12.1 Å². The smallest absolute Gasteiger partial charge is 0.320 e. The molecular weight excluding hydrogens is 298 g/mol. The summed E-state index contributed by atoms with van der Waals surface area (Å²) in [5.74, 6) is -0.323. The molecule has 0 aliphatic carbocycles. The summed E-state index contributed by atoms with van der Waals surface area (Å²) in [6, 6.07) is 6.59. The normalized spacial score (nSPS) is 15.2. The molecule has 8 nitrogen and oxygen atoms in total. The van der Waals surface area contributed by atoms with Crippen LogP contribution in [0.15, 0.2) is 34.2 Å². The molecule has 1 fully saturated rings. The molecule has 1 aliphatic rings. The monoisotopic (exact) mass is 315 g/mol. The van der Waals surface area contributed by atoms with E-state index in [0.717, 1.165) is 24.1 Å². The van der Waals surface area contributed by atoms with Gasteiger partial charge in [0.05, 0.1) is 6.21 Å². The quantitative estimate of drug-likeness (QED) is 0.817. The number of likely N-dealkylation sites (tertiary alicyclic amines) is 1. The zero-order valence-corrected chi connectivity index (χ0v) is 12.5. The Labute approximate surface area is 132 Å². The summed E-state index contributed by atoms with van der Waals surface area (Å²) in [6.45, 7) is 1.29. The fourth-order valence-corrected chi connectivity index (χ4v) is 2.47. The number of H-pyrrole nitrogens is 1. The largest absolute Gasteiger partial charge is 0.507 e. The first-order chi connectivity index (χ1) is 11.2. The van der Waals surface area contributed by atoms with Crippen LogP contribution in [0.3, 0.4) is 0 Å². The number of hydrogen-bond acceptors (Lipinski definition) is 5. The van der Waals surface area contributed by atoms with E-state index in [4.69, 9.17) is 0 Å². The molecule has 0 spiro atoms. The first-order valence-electron chi connectivity index (χ1n) is 7.46. The fourth-order valence-electron chi connectivity index (χ4n) is 2.47. The van der Waals surface area contributed by atoms with Gasteiger partial charge in [0, 0.05) is 18.7 Å². The summed E-state index contributed by atoms with van der Waals surface area (Å²) in [5, 5.41) is 19.8. The van der Waals surface area contributed by atoms with Gasteiger partial charge in [-0.2, -0.15) is 10.3 Å². The molecule has 0 saturated carbocycles. The van der Waals surface area contributed by atoms with Gasteiger partial charge in [-0.3, -0.25) is 9.59 Å². The molecule has 120 valence electrons. The lowest BCUT2D eigenvalue weighted by molar-refractivity contribution is 0.0717. The summed E-state index contributed by atoms with van der Waals surface area (Å²) in [5.41, 5.74) is -0.313. The molecular formula is C15H17N5O3. The van der Waals surface area contributed by atoms with Crippen molar-refractivity contribution in [3.63, 3.8) is 0 Å². The predicted molar refractivity (Wildman–Crippen MR) is 83.7 cm³/mol. The Morgan fingerprint density at radius 3 is 2.74 bits per heavy atom. The molecule has 2 heterocycles. The summed E-state index contributed by atoms with van der Waals surface area (Å²) in [4.78, 5) is 27.0. The summed E-state index contributed by atoms with van der Waals surface area (Å²) in [6.07, 6.45) is 4.30. The number of aromatic nitrogens is 3. The Bertz CT molecular complexity index is 786. The number of phenolic OH excluding ortho intramolecular Hbond substituents is 1. The van der Waals surface area contributed by atoms with Crippen molar-refractivity contribution in [3.8, 4) is 5.75 Å². The lowest BCUT2D eigenvalue weighted by atomic mass is 10.1. The highest BCUT2D eigenvalue weighted by Gasteiger charge is 2.24. The zero-order chi connectivity index (χ0) is 16.2.